The molecular weight excluding hydrogens is 362 g/mol. The van der Waals surface area contributed by atoms with Crippen LogP contribution in [-0.2, 0) is 9.59 Å². The van der Waals surface area contributed by atoms with Gasteiger partial charge in [0.25, 0.3) is 0 Å². The summed E-state index contributed by atoms with van der Waals surface area (Å²) in [6, 6.07) is 7.69. The van der Waals surface area contributed by atoms with Crippen molar-refractivity contribution in [3.05, 3.63) is 76.3 Å². The van der Waals surface area contributed by atoms with Crippen molar-refractivity contribution in [2.45, 2.75) is 39.5 Å². The molecule has 4 heteroatoms. The number of aldehydes is 1. The van der Waals surface area contributed by atoms with Crippen LogP contribution in [0, 0.1) is 5.92 Å². The molecule has 1 aromatic carbocycles. The summed E-state index contributed by atoms with van der Waals surface area (Å²) in [4.78, 5) is 23.9. The Bertz CT molecular complexity index is 943. The minimum Gasteiger partial charge on any atom is -0.452 e. The average Bonchev–Trinajstić information content (AvgIpc) is 2.91. The maximum absolute atomic E-state index is 12.4. The fourth-order valence-electron chi connectivity index (χ4n) is 3.32. The molecule has 0 bridgehead atoms. The second-order valence-electron chi connectivity index (χ2n) is 7.43. The molecule has 1 N–H and O–H groups in total. The number of hydrogen-bond donors (Lipinski definition) is 1. The summed E-state index contributed by atoms with van der Waals surface area (Å²) in [6.45, 7) is 4.66. The Morgan fingerprint density at radius 2 is 2.07 bits per heavy atom. The number of ether oxygens (including phenoxy) is 1. The maximum atomic E-state index is 12.4. The van der Waals surface area contributed by atoms with E-state index in [-0.39, 0.29) is 11.8 Å². The molecule has 150 valence electrons. The van der Waals surface area contributed by atoms with Gasteiger partial charge >= 0.3 is 0 Å². The lowest BCUT2D eigenvalue weighted by Gasteiger charge is -2.18. The molecule has 1 aliphatic heterocycles. The molecular formula is C25H27NO3. The number of hydrogen-bond acceptors (Lipinski definition) is 3. The van der Waals surface area contributed by atoms with Gasteiger partial charge in [0.05, 0.1) is 5.92 Å². The Hall–Kier alpha value is -3.10. The van der Waals surface area contributed by atoms with E-state index in [1.807, 2.05) is 56.3 Å². The van der Waals surface area contributed by atoms with E-state index in [0.29, 0.717) is 25.1 Å². The highest BCUT2D eigenvalue weighted by molar-refractivity contribution is 5.94. The van der Waals surface area contributed by atoms with Crippen molar-refractivity contribution in [1.82, 2.24) is 5.32 Å². The van der Waals surface area contributed by atoms with Gasteiger partial charge < -0.3 is 14.8 Å². The quantitative estimate of drug-likeness (QED) is 0.391. The minimum atomic E-state index is -0.319. The first-order valence-corrected chi connectivity index (χ1v) is 10.1. The Balaban J connectivity index is 1.45. The third-order valence-corrected chi connectivity index (χ3v) is 5.25. The van der Waals surface area contributed by atoms with E-state index in [4.69, 9.17) is 4.74 Å². The summed E-state index contributed by atoms with van der Waals surface area (Å²) in [5.41, 5.74) is 7.14. The fraction of sp³-hybridized carbons (Fsp3) is 0.320. The van der Waals surface area contributed by atoms with Crippen molar-refractivity contribution in [2.24, 2.45) is 5.92 Å². The molecule has 3 rings (SSSR count). The number of unbranched alkanes of at least 4 members (excludes halogenated alkanes) is 1. The van der Waals surface area contributed by atoms with E-state index in [0.717, 1.165) is 41.6 Å². The molecule has 0 radical (unpaired) electrons. The van der Waals surface area contributed by atoms with E-state index in [1.165, 1.54) is 5.57 Å². The third kappa shape index (κ3) is 5.46. The van der Waals surface area contributed by atoms with Crippen molar-refractivity contribution < 1.29 is 14.3 Å². The molecule has 1 unspecified atom stereocenters. The molecule has 0 spiro atoms. The van der Waals surface area contributed by atoms with Crippen molar-refractivity contribution in [3.63, 3.8) is 0 Å². The summed E-state index contributed by atoms with van der Waals surface area (Å²) in [5.74, 6) is 0.982. The van der Waals surface area contributed by atoms with Gasteiger partial charge in [-0.3, -0.25) is 4.79 Å². The van der Waals surface area contributed by atoms with E-state index in [1.54, 1.807) is 0 Å². The van der Waals surface area contributed by atoms with Crippen molar-refractivity contribution in [3.8, 4) is 5.75 Å². The first kappa shape index (κ1) is 20.6. The molecule has 1 heterocycles. The normalized spacial score (nSPS) is 16.2. The Labute approximate surface area is 172 Å². The second kappa shape index (κ2) is 9.90. The number of carbonyl (C=O) groups is 2. The van der Waals surface area contributed by atoms with Gasteiger partial charge in [0, 0.05) is 17.7 Å². The monoisotopic (exact) mass is 389 g/mol. The highest BCUT2D eigenvalue weighted by Gasteiger charge is 2.19. The minimum absolute atomic E-state index is 0.0199. The molecule has 1 atom stereocenters. The lowest BCUT2D eigenvalue weighted by Crippen LogP contribution is -2.26. The topological polar surface area (TPSA) is 55.4 Å². The standard InChI is InChI=1S/C25H27NO3/c1-18-8-7-11-21(16-19(18)2)25(28)26-15-6-5-10-22(17-27)24-14-13-20-9-3-4-12-23(20)29-24/h3-4,7-9,12-13,16-17,22H,5-6,10-11,15H2,1-2H3,(H,26,28). The highest BCUT2D eigenvalue weighted by atomic mass is 16.5. The smallest absolute Gasteiger partial charge is 0.247 e. The van der Waals surface area contributed by atoms with Gasteiger partial charge in [0.2, 0.25) is 5.91 Å². The fourth-order valence-corrected chi connectivity index (χ4v) is 3.32. The van der Waals surface area contributed by atoms with E-state index < -0.39 is 0 Å². The second-order valence-corrected chi connectivity index (χ2v) is 7.43. The van der Waals surface area contributed by atoms with Crippen LogP contribution >= 0.6 is 0 Å². The van der Waals surface area contributed by atoms with Crippen LogP contribution in [0.5, 0.6) is 5.75 Å². The summed E-state index contributed by atoms with van der Waals surface area (Å²) in [6.07, 6.45) is 11.8. The van der Waals surface area contributed by atoms with E-state index in [2.05, 4.69) is 17.1 Å². The summed E-state index contributed by atoms with van der Waals surface area (Å²) < 4.78 is 5.85. The number of para-hydroxylation sites is 1. The molecule has 1 aromatic rings. The maximum Gasteiger partial charge on any atom is 0.247 e. The molecule has 0 aromatic heterocycles. The third-order valence-electron chi connectivity index (χ3n) is 5.25. The summed E-state index contributed by atoms with van der Waals surface area (Å²) in [5, 5.41) is 2.99. The Morgan fingerprint density at radius 1 is 1.24 bits per heavy atom. The first-order valence-electron chi connectivity index (χ1n) is 10.1. The zero-order chi connectivity index (χ0) is 20.6. The molecule has 1 amide bonds. The molecule has 1 aliphatic carbocycles. The number of fused-ring (bicyclic) bond motifs is 1. The van der Waals surface area contributed by atoms with Crippen LogP contribution in [0.25, 0.3) is 6.08 Å². The number of allylic oxidation sites excluding steroid dienone is 6. The number of nitrogens with one attached hydrogen (secondary N) is 1. The first-order chi connectivity index (χ1) is 14.1. The number of carbonyl (C=O) groups excluding carboxylic acids is 2. The van der Waals surface area contributed by atoms with Gasteiger partial charge in [-0.25, -0.2) is 0 Å². The van der Waals surface area contributed by atoms with Crippen molar-refractivity contribution >= 4 is 18.3 Å². The predicted molar refractivity (Wildman–Crippen MR) is 115 cm³/mol. The predicted octanol–water partition coefficient (Wildman–Crippen LogP) is 4.90. The summed E-state index contributed by atoms with van der Waals surface area (Å²) >= 11 is 0. The van der Waals surface area contributed by atoms with Gasteiger partial charge in [0.1, 0.15) is 12.0 Å². The zero-order valence-corrected chi connectivity index (χ0v) is 17.0. The lowest BCUT2D eigenvalue weighted by atomic mass is 10.00. The van der Waals surface area contributed by atoms with Crippen LogP contribution in [-0.4, -0.2) is 18.7 Å². The van der Waals surface area contributed by atoms with Crippen molar-refractivity contribution in [2.75, 3.05) is 6.54 Å². The van der Waals surface area contributed by atoms with E-state index >= 15 is 0 Å². The molecule has 29 heavy (non-hydrogen) atoms. The highest BCUT2D eigenvalue weighted by Crippen LogP contribution is 2.28. The van der Waals surface area contributed by atoms with Crippen LogP contribution in [0.3, 0.4) is 0 Å². The van der Waals surface area contributed by atoms with E-state index in [9.17, 15) is 9.59 Å². The van der Waals surface area contributed by atoms with Crippen LogP contribution in [0.4, 0.5) is 0 Å². The van der Waals surface area contributed by atoms with Gasteiger partial charge in [-0.15, -0.1) is 0 Å². The van der Waals surface area contributed by atoms with Crippen LogP contribution in [0.15, 0.2) is 70.7 Å². The number of amides is 1. The van der Waals surface area contributed by atoms with Crippen LogP contribution < -0.4 is 10.1 Å². The Morgan fingerprint density at radius 3 is 2.90 bits per heavy atom. The average molecular weight is 389 g/mol. The van der Waals surface area contributed by atoms with Gasteiger partial charge in [-0.1, -0.05) is 48.6 Å². The largest absolute Gasteiger partial charge is 0.452 e. The van der Waals surface area contributed by atoms with Crippen molar-refractivity contribution in [1.29, 1.82) is 0 Å². The Kier molecular flexibility index (Phi) is 7.04. The van der Waals surface area contributed by atoms with Gasteiger partial charge in [-0.05, 0) is 56.4 Å². The molecule has 0 saturated heterocycles. The number of rotatable bonds is 8. The molecule has 4 nitrogen and oxygen atoms in total. The number of benzene rings is 1. The molecule has 0 saturated carbocycles. The van der Waals surface area contributed by atoms with Crippen LogP contribution in [0.2, 0.25) is 0 Å². The SMILES string of the molecule is CC1=C(C)C=C(C(=O)NCCCCC(C=O)C2=C=Cc3ccccc3O2)CC=C1. The molecule has 0 fully saturated rings. The van der Waals surface area contributed by atoms with Gasteiger partial charge in [-0.2, -0.15) is 0 Å². The zero-order valence-electron chi connectivity index (χ0n) is 17.0. The van der Waals surface area contributed by atoms with Gasteiger partial charge in [0.15, 0.2) is 5.76 Å². The summed E-state index contributed by atoms with van der Waals surface area (Å²) in [7, 11) is 0. The lowest BCUT2D eigenvalue weighted by molar-refractivity contribution is -0.117. The van der Waals surface area contributed by atoms with Crippen LogP contribution in [0.1, 0.15) is 45.1 Å². The molecule has 2 aliphatic rings.